The Bertz CT molecular complexity index is 1110. The van der Waals surface area contributed by atoms with Crippen LogP contribution in [0, 0.1) is 0 Å². The Morgan fingerprint density at radius 1 is 1.16 bits per heavy atom. The van der Waals surface area contributed by atoms with Gasteiger partial charge in [-0.3, -0.25) is 23.7 Å². The largest absolute Gasteiger partial charge is 0.490 e. The molecule has 1 saturated heterocycles. The highest BCUT2D eigenvalue weighted by atomic mass is 31.3. The maximum atomic E-state index is 12.0. The molecule has 182 valence electrons. The van der Waals surface area contributed by atoms with Crippen molar-refractivity contribution in [2.24, 2.45) is 0 Å². The summed E-state index contributed by atoms with van der Waals surface area (Å²) in [7, 11) is -16.9. The second kappa shape index (κ2) is 9.77. The second-order valence-corrected chi connectivity index (χ2v) is 10.5. The summed E-state index contributed by atoms with van der Waals surface area (Å²) in [6, 6.07) is 0.918. The summed E-state index contributed by atoms with van der Waals surface area (Å²) in [5.41, 5.74) is -1.78. The third-order valence-electron chi connectivity index (χ3n) is 3.56. The number of phosphoric ester groups is 1. The number of nitrogens with zero attached hydrogens (tertiary/aromatic N) is 1. The van der Waals surface area contributed by atoms with Crippen LogP contribution in [0.3, 0.4) is 0 Å². The number of carbonyl (C=O) groups is 1. The standard InChI is InChI=1S/C11H17N2O16P3/c1-5(14)26-9-8(16)6(27-10(9)13-3-2-7(15)12-11(13)17)4-25-31(21,22)29-32(23,24)28-30(18,19)20/h2-3,6,8-10,16H,4H2,1H3,(H,21,22)(H,23,24)(H,12,15,17)(H2,18,19,20)/t6-,8?,9+,10-/m1/s1. The average Bonchev–Trinajstić information content (AvgIpc) is 2.85. The topological polar surface area (TPSA) is 270 Å². The summed E-state index contributed by atoms with van der Waals surface area (Å²) in [4.78, 5) is 72.0. The van der Waals surface area contributed by atoms with Gasteiger partial charge in [-0.1, -0.05) is 0 Å². The van der Waals surface area contributed by atoms with E-state index >= 15 is 0 Å². The van der Waals surface area contributed by atoms with Gasteiger partial charge in [0.05, 0.1) is 6.61 Å². The van der Waals surface area contributed by atoms with E-state index < -0.39 is 71.8 Å². The molecule has 2 rings (SSSR count). The Morgan fingerprint density at radius 2 is 1.78 bits per heavy atom. The lowest BCUT2D eigenvalue weighted by Gasteiger charge is -2.21. The molecule has 18 nitrogen and oxygen atoms in total. The molecule has 1 aliphatic heterocycles. The highest BCUT2D eigenvalue weighted by Gasteiger charge is 2.49. The summed E-state index contributed by atoms with van der Waals surface area (Å²) >= 11 is 0. The van der Waals surface area contributed by atoms with Crippen molar-refractivity contribution in [2.45, 2.75) is 31.5 Å². The van der Waals surface area contributed by atoms with Gasteiger partial charge in [-0.25, -0.2) is 18.5 Å². The molecule has 0 aliphatic carbocycles. The van der Waals surface area contributed by atoms with E-state index in [0.717, 1.165) is 23.8 Å². The van der Waals surface area contributed by atoms with Gasteiger partial charge in [0.15, 0.2) is 12.3 Å². The number of aromatic amines is 1. The lowest BCUT2D eigenvalue weighted by Crippen LogP contribution is -2.40. The maximum absolute atomic E-state index is 12.0. The van der Waals surface area contributed by atoms with Crippen LogP contribution < -0.4 is 11.2 Å². The number of hydrogen-bond acceptors (Lipinski definition) is 12. The summed E-state index contributed by atoms with van der Waals surface area (Å²) in [5.74, 6) is -0.909. The van der Waals surface area contributed by atoms with Crippen molar-refractivity contribution in [2.75, 3.05) is 6.61 Å². The van der Waals surface area contributed by atoms with Crippen molar-refractivity contribution < 1.29 is 65.8 Å². The van der Waals surface area contributed by atoms with Gasteiger partial charge >= 0.3 is 35.1 Å². The number of nitrogens with one attached hydrogen (secondary N) is 1. The van der Waals surface area contributed by atoms with E-state index in [1.165, 1.54) is 0 Å². The highest BCUT2D eigenvalue weighted by molar-refractivity contribution is 7.66. The fourth-order valence-corrected chi connectivity index (χ4v) is 5.53. The molecule has 1 aromatic rings. The first-order valence-electron chi connectivity index (χ1n) is 8.10. The molecule has 2 heterocycles. The van der Waals surface area contributed by atoms with Crippen LogP contribution in [0.15, 0.2) is 21.9 Å². The van der Waals surface area contributed by atoms with Crippen LogP contribution in [0.5, 0.6) is 0 Å². The van der Waals surface area contributed by atoms with Gasteiger partial charge in [0.1, 0.15) is 12.2 Å². The molecular formula is C11H17N2O16P3. The summed E-state index contributed by atoms with van der Waals surface area (Å²) in [6.07, 6.45) is -5.53. The van der Waals surface area contributed by atoms with Crippen molar-refractivity contribution in [3.8, 4) is 0 Å². The zero-order chi connectivity index (χ0) is 24.5. The van der Waals surface area contributed by atoms with E-state index in [0.29, 0.717) is 0 Å². The summed E-state index contributed by atoms with van der Waals surface area (Å²) < 4.78 is 56.2. The molecule has 32 heavy (non-hydrogen) atoms. The van der Waals surface area contributed by atoms with E-state index in [9.17, 15) is 38.1 Å². The quantitative estimate of drug-likeness (QED) is 0.151. The molecule has 0 saturated carbocycles. The number of aromatic nitrogens is 2. The number of aliphatic hydroxyl groups excluding tert-OH is 1. The molecule has 1 fully saturated rings. The molecule has 0 bridgehead atoms. The van der Waals surface area contributed by atoms with Crippen molar-refractivity contribution in [1.82, 2.24) is 9.55 Å². The number of rotatable bonds is 9. The van der Waals surface area contributed by atoms with Gasteiger partial charge < -0.3 is 34.2 Å². The van der Waals surface area contributed by atoms with Gasteiger partial charge in [0.25, 0.3) is 5.56 Å². The zero-order valence-electron chi connectivity index (χ0n) is 15.7. The third-order valence-corrected chi connectivity index (χ3v) is 7.36. The van der Waals surface area contributed by atoms with Crippen LogP contribution in [0.1, 0.15) is 13.2 Å². The second-order valence-electron chi connectivity index (χ2n) is 6.03. The Hall–Kier alpha value is -1.52. The van der Waals surface area contributed by atoms with Crippen LogP contribution in [-0.4, -0.2) is 65.1 Å². The fraction of sp³-hybridized carbons (Fsp3) is 0.545. The van der Waals surface area contributed by atoms with E-state index in [2.05, 4.69) is 13.1 Å². The van der Waals surface area contributed by atoms with Gasteiger partial charge in [-0.15, -0.1) is 0 Å². The van der Waals surface area contributed by atoms with Crippen LogP contribution in [0.4, 0.5) is 0 Å². The Balaban J connectivity index is 2.17. The Morgan fingerprint density at radius 3 is 2.31 bits per heavy atom. The minimum absolute atomic E-state index is 0.739. The normalized spacial score (nSPS) is 27.4. The highest BCUT2D eigenvalue weighted by Crippen LogP contribution is 2.66. The first kappa shape index (κ1) is 26.7. The number of ether oxygens (including phenoxy) is 2. The lowest BCUT2D eigenvalue weighted by molar-refractivity contribution is -0.156. The van der Waals surface area contributed by atoms with Gasteiger partial charge in [-0.05, 0) is 0 Å². The minimum atomic E-state index is -5.77. The molecule has 21 heteroatoms. The molecule has 6 N–H and O–H groups in total. The van der Waals surface area contributed by atoms with Crippen molar-refractivity contribution in [1.29, 1.82) is 0 Å². The molecule has 0 spiro atoms. The molecule has 3 unspecified atom stereocenters. The SMILES string of the molecule is CC(=O)O[C@H]1C(O)[C@@H](COP(=O)(O)OP(=O)(O)OP(=O)(O)O)O[C@H]1n1ccc(=O)[nH]c1=O. The van der Waals surface area contributed by atoms with Gasteiger partial charge in [0, 0.05) is 19.2 Å². The molecule has 1 aliphatic rings. The van der Waals surface area contributed by atoms with E-state index in [1.54, 1.807) is 0 Å². The molecule has 6 atom stereocenters. The Labute approximate surface area is 176 Å². The summed E-state index contributed by atoms with van der Waals surface area (Å²) in [5, 5.41) is 10.3. The first-order valence-corrected chi connectivity index (χ1v) is 12.6. The lowest BCUT2D eigenvalue weighted by atomic mass is 10.1. The molecule has 1 aromatic heterocycles. The van der Waals surface area contributed by atoms with Crippen molar-refractivity contribution in [3.63, 3.8) is 0 Å². The molecule has 0 amide bonds. The number of aliphatic hydroxyl groups is 1. The predicted octanol–water partition coefficient (Wildman–Crippen LogP) is -1.93. The van der Waals surface area contributed by atoms with E-state index in [1.807, 2.05) is 4.98 Å². The molecule has 0 aromatic carbocycles. The number of H-pyrrole nitrogens is 1. The number of hydrogen-bond donors (Lipinski definition) is 6. The predicted molar refractivity (Wildman–Crippen MR) is 96.6 cm³/mol. The van der Waals surface area contributed by atoms with Crippen molar-refractivity contribution >= 4 is 29.4 Å². The van der Waals surface area contributed by atoms with Crippen molar-refractivity contribution in [3.05, 3.63) is 33.1 Å². The van der Waals surface area contributed by atoms with E-state index in [-0.39, 0.29) is 0 Å². The first-order chi connectivity index (χ1) is 14.5. The van der Waals surface area contributed by atoms with Gasteiger partial charge in [0.2, 0.25) is 0 Å². The number of carbonyl (C=O) groups excluding carboxylic acids is 1. The van der Waals surface area contributed by atoms with Crippen LogP contribution in [0.2, 0.25) is 0 Å². The molecule has 0 radical (unpaired) electrons. The van der Waals surface area contributed by atoms with Gasteiger partial charge in [-0.2, -0.15) is 8.62 Å². The maximum Gasteiger partial charge on any atom is 0.490 e. The number of phosphoric acid groups is 3. The number of esters is 1. The smallest absolute Gasteiger partial charge is 0.455 e. The fourth-order valence-electron chi connectivity index (χ4n) is 2.50. The summed E-state index contributed by atoms with van der Waals surface area (Å²) in [6.45, 7) is -0.101. The minimum Gasteiger partial charge on any atom is -0.455 e. The monoisotopic (exact) mass is 526 g/mol. The Kier molecular flexibility index (Phi) is 8.16. The van der Waals surface area contributed by atoms with Crippen LogP contribution in [-0.2, 0) is 41.1 Å². The third kappa shape index (κ3) is 7.52. The van der Waals surface area contributed by atoms with E-state index in [4.69, 9.17) is 24.2 Å². The van der Waals surface area contributed by atoms with Crippen LogP contribution in [0.25, 0.3) is 0 Å². The molecular weight excluding hydrogens is 509 g/mol. The average molecular weight is 526 g/mol. The van der Waals surface area contributed by atoms with Crippen LogP contribution >= 0.6 is 23.5 Å². The zero-order valence-corrected chi connectivity index (χ0v) is 18.4.